The molecule has 1 N–H and O–H groups in total. The summed E-state index contributed by atoms with van der Waals surface area (Å²) in [4.78, 5) is 2.88. The maximum atomic E-state index is 4.21. The summed E-state index contributed by atoms with van der Waals surface area (Å²) >= 11 is 0. The summed E-state index contributed by atoms with van der Waals surface area (Å²) in [5.41, 5.74) is 1.72. The molecule has 1 spiro atoms. The topological polar surface area (TPSA) is 15.3 Å². The first kappa shape index (κ1) is 10.7. The summed E-state index contributed by atoms with van der Waals surface area (Å²) in [7, 11) is 0. The lowest BCUT2D eigenvalue weighted by molar-refractivity contribution is -0.263. The van der Waals surface area contributed by atoms with Gasteiger partial charge < -0.3 is 0 Å². The molecule has 0 aromatic heterocycles. The van der Waals surface area contributed by atoms with Crippen LogP contribution in [0.1, 0.15) is 58.3 Å². The predicted octanol–water partition coefficient (Wildman–Crippen LogP) is 2.74. The first-order chi connectivity index (χ1) is 8.73. The zero-order chi connectivity index (χ0) is 12.0. The summed E-state index contributed by atoms with van der Waals surface area (Å²) in [5, 5.41) is 4.21. The van der Waals surface area contributed by atoms with E-state index in [2.05, 4.69) is 17.1 Å². The van der Waals surface area contributed by atoms with Gasteiger partial charge in [-0.1, -0.05) is 6.92 Å². The van der Waals surface area contributed by atoms with Gasteiger partial charge in [0.25, 0.3) is 0 Å². The molecular weight excluding hydrogens is 220 g/mol. The van der Waals surface area contributed by atoms with Gasteiger partial charge >= 0.3 is 0 Å². The van der Waals surface area contributed by atoms with Gasteiger partial charge in [0.05, 0.1) is 5.66 Å². The third-order valence-corrected chi connectivity index (χ3v) is 7.56. The molecule has 5 rings (SSSR count). The SMILES string of the molecule is CC1CC2CCC34CCCN5CCCC23C5(C1)N4. The van der Waals surface area contributed by atoms with Gasteiger partial charge in [0.15, 0.2) is 0 Å². The van der Waals surface area contributed by atoms with Gasteiger partial charge in [-0.05, 0) is 76.3 Å². The zero-order valence-corrected chi connectivity index (χ0v) is 11.7. The van der Waals surface area contributed by atoms with Crippen molar-refractivity contribution in [3.05, 3.63) is 0 Å². The van der Waals surface area contributed by atoms with Crippen LogP contribution in [0.3, 0.4) is 0 Å². The van der Waals surface area contributed by atoms with Crippen molar-refractivity contribution in [3.8, 4) is 0 Å². The highest BCUT2D eigenvalue weighted by Gasteiger charge is 2.81. The monoisotopic (exact) mass is 246 g/mol. The van der Waals surface area contributed by atoms with Crippen LogP contribution in [0.15, 0.2) is 0 Å². The van der Waals surface area contributed by atoms with Crippen molar-refractivity contribution in [3.63, 3.8) is 0 Å². The smallest absolute Gasteiger partial charge is 0.0797 e. The minimum atomic E-state index is 0.445. The minimum Gasteiger partial charge on any atom is -0.292 e. The van der Waals surface area contributed by atoms with Gasteiger partial charge in [-0.15, -0.1) is 0 Å². The molecule has 5 fully saturated rings. The first-order valence-corrected chi connectivity index (χ1v) is 8.27. The number of hydrogen-bond acceptors (Lipinski definition) is 2. The van der Waals surface area contributed by atoms with E-state index in [1.165, 1.54) is 64.5 Å². The van der Waals surface area contributed by atoms with Crippen LogP contribution in [0.2, 0.25) is 0 Å². The van der Waals surface area contributed by atoms with Crippen molar-refractivity contribution in [1.29, 1.82) is 0 Å². The van der Waals surface area contributed by atoms with Crippen molar-refractivity contribution in [1.82, 2.24) is 10.2 Å². The number of piperidine rings is 1. The average Bonchev–Trinajstić information content (AvgIpc) is 2.44. The number of hydrogen-bond donors (Lipinski definition) is 1. The fraction of sp³-hybridized carbons (Fsp3) is 1.00. The molecule has 0 amide bonds. The molecule has 4 bridgehead atoms. The quantitative estimate of drug-likeness (QED) is 0.707. The number of nitrogens with zero attached hydrogens (tertiary/aromatic N) is 1. The average molecular weight is 246 g/mol. The Labute approximate surface area is 110 Å². The molecule has 0 aromatic carbocycles. The molecule has 18 heavy (non-hydrogen) atoms. The highest BCUT2D eigenvalue weighted by atomic mass is 15.5. The van der Waals surface area contributed by atoms with Crippen LogP contribution in [0.5, 0.6) is 0 Å². The Morgan fingerprint density at radius 3 is 2.83 bits per heavy atom. The van der Waals surface area contributed by atoms with Crippen molar-refractivity contribution in [2.24, 2.45) is 17.3 Å². The van der Waals surface area contributed by atoms with Crippen LogP contribution >= 0.6 is 0 Å². The summed E-state index contributed by atoms with van der Waals surface area (Å²) in [6.45, 7) is 5.24. The van der Waals surface area contributed by atoms with Gasteiger partial charge in [-0.3, -0.25) is 10.2 Å². The second kappa shape index (κ2) is 2.98. The minimum absolute atomic E-state index is 0.445. The molecule has 2 saturated carbocycles. The molecular formula is C16H26N2. The molecule has 2 heteroatoms. The Bertz CT molecular complexity index is 408. The third-order valence-electron chi connectivity index (χ3n) is 7.56. The maximum absolute atomic E-state index is 4.21. The Kier molecular flexibility index (Phi) is 1.77. The van der Waals surface area contributed by atoms with E-state index < -0.39 is 0 Å². The Hall–Kier alpha value is -0.0800. The molecule has 3 aliphatic heterocycles. The summed E-state index contributed by atoms with van der Waals surface area (Å²) in [6, 6.07) is 0. The van der Waals surface area contributed by atoms with Gasteiger partial charge in [0, 0.05) is 11.0 Å². The van der Waals surface area contributed by atoms with Gasteiger partial charge in [-0.2, -0.15) is 0 Å². The molecule has 100 valence electrons. The number of nitrogens with one attached hydrogen (secondary N) is 1. The summed E-state index contributed by atoms with van der Waals surface area (Å²) in [6.07, 6.45) is 11.9. The largest absolute Gasteiger partial charge is 0.292 e. The van der Waals surface area contributed by atoms with Crippen molar-refractivity contribution < 1.29 is 0 Å². The number of rotatable bonds is 0. The molecule has 5 aliphatic rings. The van der Waals surface area contributed by atoms with E-state index in [-0.39, 0.29) is 0 Å². The van der Waals surface area contributed by atoms with Crippen LogP contribution in [0.25, 0.3) is 0 Å². The second-order valence-electron chi connectivity index (χ2n) is 8.01. The third kappa shape index (κ3) is 0.841. The van der Waals surface area contributed by atoms with E-state index in [0.717, 1.165) is 11.8 Å². The highest BCUT2D eigenvalue weighted by molar-refractivity contribution is 5.35. The fourth-order valence-corrected chi connectivity index (χ4v) is 7.42. The Balaban J connectivity index is 1.73. The van der Waals surface area contributed by atoms with Gasteiger partial charge in [0.1, 0.15) is 0 Å². The van der Waals surface area contributed by atoms with Crippen molar-refractivity contribution in [2.45, 2.75) is 69.5 Å². The first-order valence-electron chi connectivity index (χ1n) is 8.27. The molecule has 0 aromatic rings. The van der Waals surface area contributed by atoms with E-state index in [9.17, 15) is 0 Å². The standard InChI is InChI=1S/C16H26N2/c1-12-10-13-4-7-14-5-2-8-18-9-3-6-15(13,14)16(18,11-12)17-14/h12-13,17H,2-11H2,1H3. The molecule has 3 heterocycles. The Morgan fingerprint density at radius 1 is 1.11 bits per heavy atom. The molecule has 3 saturated heterocycles. The lowest BCUT2D eigenvalue weighted by atomic mass is 9.43. The van der Waals surface area contributed by atoms with E-state index in [1.54, 1.807) is 0 Å². The highest BCUT2D eigenvalue weighted by Crippen LogP contribution is 2.75. The normalized spacial score (nSPS) is 64.8. The van der Waals surface area contributed by atoms with Crippen LogP contribution in [0, 0.1) is 17.3 Å². The maximum Gasteiger partial charge on any atom is 0.0797 e. The fourth-order valence-electron chi connectivity index (χ4n) is 7.42. The zero-order valence-electron chi connectivity index (χ0n) is 11.7. The molecule has 2 nitrogen and oxygen atoms in total. The van der Waals surface area contributed by atoms with Gasteiger partial charge in [-0.25, -0.2) is 0 Å². The summed E-state index contributed by atoms with van der Waals surface area (Å²) in [5.74, 6) is 1.98. The second-order valence-corrected chi connectivity index (χ2v) is 8.01. The lowest BCUT2D eigenvalue weighted by Gasteiger charge is -2.77. The van der Waals surface area contributed by atoms with Crippen molar-refractivity contribution in [2.75, 3.05) is 13.1 Å². The van der Waals surface area contributed by atoms with Crippen LogP contribution in [-0.4, -0.2) is 29.2 Å². The van der Waals surface area contributed by atoms with Crippen LogP contribution in [-0.2, 0) is 0 Å². The molecule has 6 atom stereocenters. The predicted molar refractivity (Wildman–Crippen MR) is 72.2 cm³/mol. The summed E-state index contributed by atoms with van der Waals surface area (Å²) < 4.78 is 0. The van der Waals surface area contributed by atoms with E-state index in [1.807, 2.05) is 0 Å². The van der Waals surface area contributed by atoms with Gasteiger partial charge in [0.2, 0.25) is 0 Å². The van der Waals surface area contributed by atoms with E-state index >= 15 is 0 Å². The molecule has 2 aliphatic carbocycles. The van der Waals surface area contributed by atoms with Crippen LogP contribution < -0.4 is 5.32 Å². The molecule has 6 unspecified atom stereocenters. The van der Waals surface area contributed by atoms with Crippen LogP contribution in [0.4, 0.5) is 0 Å². The Morgan fingerprint density at radius 2 is 1.94 bits per heavy atom. The van der Waals surface area contributed by atoms with Crippen molar-refractivity contribution >= 4 is 0 Å². The molecule has 0 radical (unpaired) electrons. The lowest BCUT2D eigenvalue weighted by Crippen LogP contribution is -2.91. The van der Waals surface area contributed by atoms with E-state index in [0.29, 0.717) is 16.6 Å². The van der Waals surface area contributed by atoms with E-state index in [4.69, 9.17) is 0 Å².